The first-order chi connectivity index (χ1) is 19.0. The smallest absolute Gasteiger partial charge is 0.239 e. The number of anilines is 1. The minimum absolute atomic E-state index is 0.0174. The third-order valence-corrected chi connectivity index (χ3v) is 9.33. The zero-order valence-corrected chi connectivity index (χ0v) is 22.1. The quantitative estimate of drug-likeness (QED) is 0.273. The highest BCUT2D eigenvalue weighted by Gasteiger charge is 2.80. The van der Waals surface area contributed by atoms with E-state index < -0.39 is 22.7 Å². The number of ketones is 1. The van der Waals surface area contributed by atoms with Crippen LogP contribution in [0.3, 0.4) is 0 Å². The first-order valence-corrected chi connectivity index (χ1v) is 13.7. The maximum atomic E-state index is 14.8. The molecule has 2 amide bonds. The van der Waals surface area contributed by atoms with Gasteiger partial charge in [0.25, 0.3) is 0 Å². The van der Waals surface area contributed by atoms with Crippen LogP contribution in [0.5, 0.6) is 0 Å². The van der Waals surface area contributed by atoms with Crippen molar-refractivity contribution in [1.82, 2.24) is 0 Å². The standard InChI is InChI=1S/C35H29NO3/c1-3-21-35-28(24-16-8-5-9-17-24)27(23-14-6-4-7-15-23)34(2,33(35)39)29-30(35)32(38)36(31(29)37)26-20-12-18-22-13-10-11-19-25(22)26/h4-20,29-30H,3,21H2,1-2H3/t29-,30-,34-,35+/m0/s1. The van der Waals surface area contributed by atoms with Gasteiger partial charge in [-0.3, -0.25) is 14.4 Å². The topological polar surface area (TPSA) is 54.5 Å². The molecule has 39 heavy (non-hydrogen) atoms. The van der Waals surface area contributed by atoms with E-state index in [9.17, 15) is 14.4 Å². The fourth-order valence-electron chi connectivity index (χ4n) is 8.00. The highest BCUT2D eigenvalue weighted by molar-refractivity contribution is 6.35. The number of fused-ring (bicyclic) bond motifs is 6. The van der Waals surface area contributed by atoms with Crippen LogP contribution in [0.4, 0.5) is 5.69 Å². The van der Waals surface area contributed by atoms with Crippen molar-refractivity contribution in [1.29, 1.82) is 0 Å². The fourth-order valence-corrected chi connectivity index (χ4v) is 8.00. The number of allylic oxidation sites excluding steroid dienone is 2. The Bertz CT molecular complexity index is 1700. The van der Waals surface area contributed by atoms with Crippen molar-refractivity contribution in [2.45, 2.75) is 26.7 Å². The molecule has 192 valence electrons. The van der Waals surface area contributed by atoms with Gasteiger partial charge in [-0.15, -0.1) is 0 Å². The van der Waals surface area contributed by atoms with Gasteiger partial charge in [-0.1, -0.05) is 110 Å². The molecule has 1 heterocycles. The van der Waals surface area contributed by atoms with Gasteiger partial charge in [-0.2, -0.15) is 0 Å². The number of nitrogens with zero attached hydrogens (tertiary/aromatic N) is 1. The Kier molecular flexibility index (Phi) is 5.09. The monoisotopic (exact) mass is 511 g/mol. The maximum Gasteiger partial charge on any atom is 0.239 e. The van der Waals surface area contributed by atoms with Crippen LogP contribution in [-0.2, 0) is 14.4 Å². The number of benzene rings is 4. The van der Waals surface area contributed by atoms with E-state index in [1.165, 1.54) is 4.90 Å². The molecule has 4 aromatic carbocycles. The molecule has 4 aromatic rings. The number of imide groups is 1. The summed E-state index contributed by atoms with van der Waals surface area (Å²) >= 11 is 0. The van der Waals surface area contributed by atoms with E-state index in [4.69, 9.17) is 0 Å². The van der Waals surface area contributed by atoms with Crippen LogP contribution in [0, 0.1) is 22.7 Å². The van der Waals surface area contributed by atoms with Crippen LogP contribution in [0.15, 0.2) is 103 Å². The molecule has 4 nitrogen and oxygen atoms in total. The average molecular weight is 512 g/mol. The number of Topliss-reactive ketones (excluding diaryl/α,β-unsaturated/α-hetero) is 1. The number of amides is 2. The Hall–Kier alpha value is -4.31. The summed E-state index contributed by atoms with van der Waals surface area (Å²) in [5, 5.41) is 1.82. The highest BCUT2D eigenvalue weighted by Crippen LogP contribution is 2.75. The first-order valence-electron chi connectivity index (χ1n) is 13.7. The number of rotatable bonds is 5. The number of carbonyl (C=O) groups is 3. The third-order valence-electron chi connectivity index (χ3n) is 9.33. The van der Waals surface area contributed by atoms with Gasteiger partial charge in [0, 0.05) is 5.39 Å². The van der Waals surface area contributed by atoms with Crippen LogP contribution in [0.25, 0.3) is 21.9 Å². The molecule has 2 fully saturated rings. The lowest BCUT2D eigenvalue weighted by molar-refractivity contribution is -0.134. The summed E-state index contributed by atoms with van der Waals surface area (Å²) in [6.45, 7) is 3.97. The van der Waals surface area contributed by atoms with E-state index in [0.29, 0.717) is 12.1 Å². The van der Waals surface area contributed by atoms with Crippen molar-refractivity contribution >= 4 is 45.2 Å². The van der Waals surface area contributed by atoms with Gasteiger partial charge in [-0.25, -0.2) is 4.90 Å². The van der Waals surface area contributed by atoms with Crippen LogP contribution in [-0.4, -0.2) is 17.6 Å². The summed E-state index contributed by atoms with van der Waals surface area (Å²) in [7, 11) is 0. The van der Waals surface area contributed by atoms with E-state index >= 15 is 0 Å². The van der Waals surface area contributed by atoms with Gasteiger partial charge in [-0.05, 0) is 47.1 Å². The molecular weight excluding hydrogens is 482 g/mol. The summed E-state index contributed by atoms with van der Waals surface area (Å²) in [5.74, 6) is -1.98. The Labute approximate surface area is 228 Å². The molecule has 0 aromatic heterocycles. The van der Waals surface area contributed by atoms with Crippen LogP contribution < -0.4 is 4.90 Å². The number of carbonyl (C=O) groups excluding carboxylic acids is 3. The molecule has 4 atom stereocenters. The number of hydrogen-bond acceptors (Lipinski definition) is 3. The molecule has 2 bridgehead atoms. The van der Waals surface area contributed by atoms with Crippen LogP contribution in [0.2, 0.25) is 0 Å². The second-order valence-electron chi connectivity index (χ2n) is 11.2. The molecule has 0 spiro atoms. The summed E-state index contributed by atoms with van der Waals surface area (Å²) in [4.78, 5) is 45.2. The summed E-state index contributed by atoms with van der Waals surface area (Å²) in [5.41, 5.74) is 2.13. The Balaban J connectivity index is 1.52. The average Bonchev–Trinajstić information content (AvgIpc) is 3.43. The molecular formula is C35H29NO3. The van der Waals surface area contributed by atoms with Crippen molar-refractivity contribution in [2.24, 2.45) is 22.7 Å². The normalized spacial score (nSPS) is 27.6. The van der Waals surface area contributed by atoms with Crippen molar-refractivity contribution in [2.75, 3.05) is 4.90 Å². The molecule has 0 radical (unpaired) electrons. The van der Waals surface area contributed by atoms with Gasteiger partial charge < -0.3 is 0 Å². The molecule has 0 unspecified atom stereocenters. The highest BCUT2D eigenvalue weighted by atomic mass is 16.2. The Morgan fingerprint density at radius 3 is 1.90 bits per heavy atom. The number of hydrogen-bond donors (Lipinski definition) is 0. The largest absolute Gasteiger partial charge is 0.298 e. The maximum absolute atomic E-state index is 14.8. The lowest BCUT2D eigenvalue weighted by Gasteiger charge is -2.37. The van der Waals surface area contributed by atoms with E-state index in [1.807, 2.05) is 110 Å². The minimum atomic E-state index is -1.11. The lowest BCUT2D eigenvalue weighted by Crippen LogP contribution is -2.41. The van der Waals surface area contributed by atoms with Crippen molar-refractivity contribution < 1.29 is 14.4 Å². The predicted molar refractivity (Wildman–Crippen MR) is 154 cm³/mol. The summed E-state index contributed by atoms with van der Waals surface area (Å²) in [6.07, 6.45) is 1.24. The third kappa shape index (κ3) is 2.86. The second kappa shape index (κ2) is 8.34. The summed E-state index contributed by atoms with van der Waals surface area (Å²) < 4.78 is 0. The molecule has 4 heteroatoms. The lowest BCUT2D eigenvalue weighted by atomic mass is 9.61. The zero-order valence-electron chi connectivity index (χ0n) is 22.1. The van der Waals surface area contributed by atoms with Crippen molar-refractivity contribution in [3.8, 4) is 0 Å². The van der Waals surface area contributed by atoms with Gasteiger partial charge in [0.2, 0.25) is 11.8 Å². The molecule has 0 N–H and O–H groups in total. The van der Waals surface area contributed by atoms with E-state index in [-0.39, 0.29) is 17.6 Å². The Morgan fingerprint density at radius 1 is 0.667 bits per heavy atom. The van der Waals surface area contributed by atoms with Gasteiger partial charge in [0.05, 0.1) is 28.4 Å². The fraction of sp³-hybridized carbons (Fsp3) is 0.229. The van der Waals surface area contributed by atoms with Gasteiger partial charge >= 0.3 is 0 Å². The minimum Gasteiger partial charge on any atom is -0.298 e. The van der Waals surface area contributed by atoms with E-state index in [1.54, 1.807) is 0 Å². The van der Waals surface area contributed by atoms with Gasteiger partial charge in [0.1, 0.15) is 0 Å². The van der Waals surface area contributed by atoms with E-state index in [2.05, 4.69) is 6.92 Å². The molecule has 1 saturated carbocycles. The summed E-state index contributed by atoms with van der Waals surface area (Å²) in [6, 6.07) is 33.5. The van der Waals surface area contributed by atoms with E-state index in [0.717, 1.165) is 39.5 Å². The molecule has 1 aliphatic heterocycles. The predicted octanol–water partition coefficient (Wildman–Crippen LogP) is 6.95. The zero-order chi connectivity index (χ0) is 26.9. The van der Waals surface area contributed by atoms with Crippen molar-refractivity contribution in [3.63, 3.8) is 0 Å². The molecule has 2 aliphatic carbocycles. The Morgan fingerprint density at radius 2 is 1.23 bits per heavy atom. The SMILES string of the molecule is CCC[C@@]12C(=O)[C@@](C)(C(c3ccccc3)=C1c1ccccc1)[C@@H]1C(=O)N(c3cccc4ccccc34)C(=O)[C@H]12. The van der Waals surface area contributed by atoms with Gasteiger partial charge in [0.15, 0.2) is 5.78 Å². The van der Waals surface area contributed by atoms with Crippen molar-refractivity contribution in [3.05, 3.63) is 114 Å². The second-order valence-corrected chi connectivity index (χ2v) is 11.2. The van der Waals surface area contributed by atoms with Crippen LogP contribution >= 0.6 is 0 Å². The first kappa shape index (κ1) is 23.8. The molecule has 1 saturated heterocycles. The van der Waals surface area contributed by atoms with Crippen LogP contribution in [0.1, 0.15) is 37.8 Å². The molecule has 3 aliphatic rings. The molecule has 7 rings (SSSR count).